The third-order valence-corrected chi connectivity index (χ3v) is 30.0. The van der Waals surface area contributed by atoms with Crippen molar-refractivity contribution in [3.05, 3.63) is 276 Å². The number of amides is 1. The summed E-state index contributed by atoms with van der Waals surface area (Å²) >= 11 is 12.7. The van der Waals surface area contributed by atoms with E-state index in [1.54, 1.807) is 36.2 Å². The predicted octanol–water partition coefficient (Wildman–Crippen LogP) is 27.8. The highest BCUT2D eigenvalue weighted by molar-refractivity contribution is 6.33. The molecule has 11 aromatic rings. The van der Waals surface area contributed by atoms with Crippen LogP contribution in [0.3, 0.4) is 0 Å². The summed E-state index contributed by atoms with van der Waals surface area (Å²) < 4.78 is 85.5. The number of aromatic nitrogens is 2. The van der Waals surface area contributed by atoms with Gasteiger partial charge in [0.25, 0.3) is 0 Å². The summed E-state index contributed by atoms with van der Waals surface area (Å²) in [6, 6.07) is 67.8. The van der Waals surface area contributed by atoms with E-state index in [2.05, 4.69) is 179 Å². The van der Waals surface area contributed by atoms with Crippen LogP contribution < -0.4 is 34.6 Å². The second-order valence-corrected chi connectivity index (χ2v) is 39.8. The molecule has 2 aromatic heterocycles. The Morgan fingerprint density at radius 1 is 0.596 bits per heavy atom. The van der Waals surface area contributed by atoms with Gasteiger partial charge in [-0.1, -0.05) is 144 Å². The van der Waals surface area contributed by atoms with E-state index < -0.39 is 23.5 Å². The van der Waals surface area contributed by atoms with Crippen LogP contribution in [-0.2, 0) is 43.0 Å². The molecule has 9 aromatic carbocycles. The van der Waals surface area contributed by atoms with Crippen molar-refractivity contribution in [3.8, 4) is 47.2 Å². The van der Waals surface area contributed by atoms with Crippen LogP contribution in [0.2, 0.25) is 10.0 Å². The normalized spacial score (nSPS) is 20.1. The Kier molecular flexibility index (Phi) is 31.9. The van der Waals surface area contributed by atoms with Crippen molar-refractivity contribution in [2.75, 3.05) is 51.2 Å². The highest BCUT2D eigenvalue weighted by Gasteiger charge is 2.46. The summed E-state index contributed by atoms with van der Waals surface area (Å²) in [6.45, 7) is 26.7. The number of hydrogen-bond donors (Lipinski definition) is 1. The number of nitrogens with zero attached hydrogens (tertiary/aromatic N) is 12. The third-order valence-electron chi connectivity index (χ3n) is 29.1. The van der Waals surface area contributed by atoms with Crippen molar-refractivity contribution in [2.45, 2.75) is 265 Å². The summed E-state index contributed by atoms with van der Waals surface area (Å²) in [5, 5.41) is 53.2. The molecule has 8 atom stereocenters. The summed E-state index contributed by atoms with van der Waals surface area (Å²) in [5.41, 5.74) is 18.4. The average molecular weight is 1880 g/mol. The zero-order valence-electron chi connectivity index (χ0n) is 80.1. The first-order valence-corrected chi connectivity index (χ1v) is 48.9. The Bertz CT molecular complexity index is 6340. The van der Waals surface area contributed by atoms with Crippen LogP contribution >= 0.6 is 23.2 Å². The smallest absolute Gasteiger partial charge is 0.417 e. The lowest BCUT2D eigenvalue weighted by molar-refractivity contribution is -0.138. The van der Waals surface area contributed by atoms with Crippen molar-refractivity contribution < 1.29 is 35.9 Å². The minimum atomic E-state index is -4.50. The number of benzene rings is 9. The lowest BCUT2D eigenvalue weighted by Crippen LogP contribution is -2.46. The molecule has 7 aliphatic heterocycles. The van der Waals surface area contributed by atoms with Gasteiger partial charge in [-0.15, -0.1) is 0 Å². The number of nitriles is 5. The molecule has 1 aliphatic carbocycles. The maximum atomic E-state index is 13.0. The number of ether oxygens (including phenoxy) is 1. The molecule has 1 amide bonds. The largest absolute Gasteiger partial charge is 0.493 e. The number of hydrogen-bond acceptors (Lipinski definition) is 13. The van der Waals surface area contributed by atoms with Gasteiger partial charge in [-0.3, -0.25) is 9.78 Å². The quantitative estimate of drug-likeness (QED) is 0.101. The molecule has 0 radical (unpaired) electrons. The number of rotatable bonds is 14. The van der Waals surface area contributed by atoms with Gasteiger partial charge in [0.2, 0.25) is 5.91 Å². The summed E-state index contributed by atoms with van der Waals surface area (Å²) in [6.07, 6.45) is 16.1. The van der Waals surface area contributed by atoms with Crippen molar-refractivity contribution in [3.63, 3.8) is 0 Å². The first-order chi connectivity index (χ1) is 65.2. The van der Waals surface area contributed by atoms with Crippen LogP contribution in [0, 0.1) is 94.7 Å². The number of carbonyl (C=O) groups is 1. The van der Waals surface area contributed by atoms with Gasteiger partial charge < -0.3 is 39.1 Å². The van der Waals surface area contributed by atoms with Gasteiger partial charge in [0.05, 0.1) is 79.8 Å². The number of aryl methyl sites for hydroxylation is 1. The zero-order valence-corrected chi connectivity index (χ0v) is 81.6. The van der Waals surface area contributed by atoms with E-state index in [9.17, 15) is 36.4 Å². The molecule has 6 fully saturated rings. The lowest BCUT2D eigenvalue weighted by atomic mass is 9.78. The van der Waals surface area contributed by atoms with Gasteiger partial charge in [0.15, 0.2) is 0 Å². The van der Waals surface area contributed by atoms with Gasteiger partial charge in [-0.2, -0.15) is 52.7 Å². The van der Waals surface area contributed by atoms with Crippen molar-refractivity contribution in [1.29, 1.82) is 26.3 Å². The van der Waals surface area contributed by atoms with Crippen LogP contribution in [0.4, 0.5) is 54.8 Å². The number of fused-ring (bicyclic) bond motifs is 9. The second kappa shape index (κ2) is 43.4. The van der Waals surface area contributed by atoms with Crippen molar-refractivity contribution in [2.24, 2.45) is 17.3 Å². The van der Waals surface area contributed by atoms with E-state index in [0.29, 0.717) is 68.2 Å². The fourth-order valence-corrected chi connectivity index (χ4v) is 22.3. The predicted molar refractivity (Wildman–Crippen MR) is 535 cm³/mol. The van der Waals surface area contributed by atoms with Gasteiger partial charge in [-0.25, -0.2) is 0 Å². The molecule has 5 unspecified atom stereocenters. The molecular weight excluding hydrogens is 1760 g/mol. The van der Waals surface area contributed by atoms with Crippen LogP contribution in [-0.4, -0.2) is 84.5 Å². The zero-order chi connectivity index (χ0) is 97.2. The van der Waals surface area contributed by atoms with Crippen LogP contribution in [0.1, 0.15) is 248 Å². The van der Waals surface area contributed by atoms with Crippen LogP contribution in [0.15, 0.2) is 182 Å². The van der Waals surface area contributed by atoms with Gasteiger partial charge in [-0.05, 0) is 297 Å². The van der Waals surface area contributed by atoms with E-state index in [1.165, 1.54) is 130 Å². The van der Waals surface area contributed by atoms with Crippen LogP contribution in [0.25, 0.3) is 32.8 Å². The Hall–Kier alpha value is -12.2. The molecule has 0 saturated carbocycles. The molecule has 23 heteroatoms. The molecule has 8 aliphatic rings. The monoisotopic (exact) mass is 1880 g/mol. The first-order valence-electron chi connectivity index (χ1n) is 48.2. The van der Waals surface area contributed by atoms with E-state index >= 15 is 0 Å². The number of nitrogens with one attached hydrogen (secondary N) is 1. The second-order valence-electron chi connectivity index (χ2n) is 39.1. The molecule has 136 heavy (non-hydrogen) atoms. The fourth-order valence-electron chi connectivity index (χ4n) is 21.9. The molecule has 1 N–H and O–H groups in total. The number of piperidine rings is 3. The Morgan fingerprint density at radius 2 is 1.21 bits per heavy atom. The molecule has 4 bridgehead atoms. The summed E-state index contributed by atoms with van der Waals surface area (Å²) in [5.74, 6) is 2.03. The fraction of sp³-hybridized carbons (Fsp3) is 0.425. The molecule has 9 heterocycles. The minimum Gasteiger partial charge on any atom is -0.493 e. The Labute approximate surface area is 808 Å². The average Bonchev–Trinajstić information content (AvgIpc) is 1.58. The van der Waals surface area contributed by atoms with E-state index in [-0.39, 0.29) is 41.1 Å². The number of halogens is 8. The maximum Gasteiger partial charge on any atom is 0.417 e. The first kappa shape index (κ1) is 99.8. The Morgan fingerprint density at radius 3 is 1.84 bits per heavy atom. The SMILES string of the molecule is CC1CC2CCC(C1)N2c1ccc(C#N)c2ccccc12.CC[C@@H](C)N(C)c1ccc(C#N)c(C(F)(F)F)c1.CC[C@H]1CCCCN1c1ccc(C#N)c(C(F)(F)F)c1.Cc1c(N2C3CCC2CC(C)(C)C3)ccc(C#N)c1Cl.Cc1c(N2CCCC2c2ccc3c(c2)CCO3)ccc(C#N)c1Cl.Cc1cccc(Cn2c3c(c4cc(-c5cccnc5)ccc42)C[C@H](NC(=O)C(C)C)CC3)c1. The Balaban J connectivity index is 0.000000132. The van der Waals surface area contributed by atoms with E-state index in [0.717, 1.165) is 154 Å². The van der Waals surface area contributed by atoms with E-state index in [1.807, 2.05) is 95.2 Å². The van der Waals surface area contributed by atoms with Gasteiger partial charge in [0, 0.05) is 155 Å². The molecule has 19 rings (SSSR count). The highest BCUT2D eigenvalue weighted by atomic mass is 35.5. The third kappa shape index (κ3) is 22.4. The van der Waals surface area contributed by atoms with E-state index in [4.69, 9.17) is 49.0 Å². The molecule has 0 spiro atoms. The van der Waals surface area contributed by atoms with Crippen molar-refractivity contribution in [1.82, 2.24) is 14.9 Å². The number of pyridine rings is 1. The topological polar surface area (TPSA) is 191 Å². The minimum absolute atomic E-state index is 0.00578. The summed E-state index contributed by atoms with van der Waals surface area (Å²) in [4.78, 5) is 28.2. The number of anilines is 5. The lowest BCUT2D eigenvalue weighted by Gasteiger charge is -2.45. The number of carbonyl (C=O) groups excluding carboxylic acids is 1. The van der Waals surface area contributed by atoms with Crippen LogP contribution in [0.5, 0.6) is 5.75 Å². The number of alkyl halides is 6. The molecule has 6 saturated heterocycles. The van der Waals surface area contributed by atoms with Gasteiger partial charge in [0.1, 0.15) is 17.9 Å². The summed E-state index contributed by atoms with van der Waals surface area (Å²) in [7, 11) is 1.75. The molecule has 15 nitrogen and oxygen atoms in total. The standard InChI is InChI=1S/C29H31N3O.C20H19ClN2O.C19H20N2.C17H21ClN2.C15H17F3N2.C13H15F3N2/c1-19(2)29(33)31-24-10-12-28-26(16-24)25-15-22(23-8-5-13-30-17-23)9-11-27(25)32(28)18-21-7-4-6-20(3)14-21;1-13-17(6-4-16(12-22)20(13)21)23-9-2-3-18(23)14-5-7-19-15(11-14)8-10-24-19;1-13-10-15-7-8-16(11-13)21(15)19-9-6-14(12-20)17-4-2-3-5-18(17)19;1-11-15(7-4-12(10-19)16(11)18)20-13-5-6-14(20)9-17(2,3)8-13;1-2-12-5-3-4-8-20(12)13-7-6-11(10-19)14(9-13)15(16,17)18;1-4-9(2)18(3)11-6-5-10(8-17)12(7-11)13(14,15)16/h4-9,11,13-15,17,19,24H,10,12,16,18H2,1-3H3,(H,31,33);4-7,11,18H,2-3,8-10H2,1H3;2-6,9,13,15-16H,7-8,10-11H2,1H3;4,7,13-14H,5-6,8-9H2,1-3H3;6-7,9,12H,2-5,8H2,1H3;5-7,9H,4H2,1-3H3/t24-;;;;12-;9-/m1...01/s1. The highest BCUT2D eigenvalue weighted by Crippen LogP contribution is 2.51. The van der Waals surface area contributed by atoms with Crippen molar-refractivity contribution >= 4 is 79.2 Å². The molecule has 708 valence electrons. The molecular formula is C113H123Cl2F6N13O2. The van der Waals surface area contributed by atoms with Gasteiger partial charge >= 0.3 is 12.4 Å². The maximum absolute atomic E-state index is 13.0.